The van der Waals surface area contributed by atoms with Crippen LogP contribution in [0.25, 0.3) is 0 Å². The molecule has 0 aromatic heterocycles. The maximum atomic E-state index is 12.5. The zero-order valence-electron chi connectivity index (χ0n) is 11.3. The molecule has 1 fully saturated rings. The number of methoxy groups -OCH3 is 1. The van der Waals surface area contributed by atoms with Crippen molar-refractivity contribution in [2.75, 3.05) is 13.7 Å². The number of Topliss-reactive ketones (excluding diaryl/α,β-unsaturated/α-hetero) is 1. The van der Waals surface area contributed by atoms with Crippen molar-refractivity contribution in [3.8, 4) is 5.75 Å². The summed E-state index contributed by atoms with van der Waals surface area (Å²) < 4.78 is 10.9. The number of hydrogen-bond acceptors (Lipinski definition) is 3. The number of hydrogen-bond donors (Lipinski definition) is 0. The lowest BCUT2D eigenvalue weighted by molar-refractivity contribution is 0.0184. The van der Waals surface area contributed by atoms with Crippen molar-refractivity contribution in [3.63, 3.8) is 0 Å². The molecule has 3 nitrogen and oxygen atoms in total. The molecule has 0 N–H and O–H groups in total. The van der Waals surface area contributed by atoms with Gasteiger partial charge in [-0.25, -0.2) is 0 Å². The molecule has 1 atom stereocenters. The summed E-state index contributed by atoms with van der Waals surface area (Å²) in [6, 6.07) is 3.92. The van der Waals surface area contributed by atoms with Gasteiger partial charge in [0.25, 0.3) is 0 Å². The van der Waals surface area contributed by atoms with E-state index in [1.807, 2.05) is 26.0 Å². The molecule has 1 unspecified atom stereocenters. The Morgan fingerprint density at radius 1 is 1.33 bits per heavy atom. The molecule has 1 aliphatic heterocycles. The van der Waals surface area contributed by atoms with Gasteiger partial charge in [0.05, 0.1) is 12.7 Å². The molecule has 0 amide bonds. The number of rotatable bonds is 3. The molecule has 18 heavy (non-hydrogen) atoms. The van der Waals surface area contributed by atoms with Crippen LogP contribution in [0.2, 0.25) is 0 Å². The lowest BCUT2D eigenvalue weighted by Crippen LogP contribution is -2.29. The summed E-state index contributed by atoms with van der Waals surface area (Å²) >= 11 is 0. The Balaban J connectivity index is 2.34. The fraction of sp³-hybridized carbons (Fsp3) is 0.533. The number of aryl methyl sites for hydroxylation is 2. The Bertz CT molecular complexity index is 445. The van der Waals surface area contributed by atoms with Crippen LogP contribution in [0.5, 0.6) is 5.75 Å². The summed E-state index contributed by atoms with van der Waals surface area (Å²) in [6.45, 7) is 4.64. The predicted molar refractivity (Wildman–Crippen MR) is 70.4 cm³/mol. The van der Waals surface area contributed by atoms with Gasteiger partial charge in [0, 0.05) is 6.61 Å². The van der Waals surface area contributed by atoms with E-state index >= 15 is 0 Å². The van der Waals surface area contributed by atoms with Gasteiger partial charge >= 0.3 is 0 Å². The van der Waals surface area contributed by atoms with Gasteiger partial charge in [0.1, 0.15) is 11.9 Å². The number of ether oxygens (including phenoxy) is 2. The van der Waals surface area contributed by atoms with Crippen molar-refractivity contribution in [2.45, 2.75) is 39.2 Å². The van der Waals surface area contributed by atoms with E-state index in [0.29, 0.717) is 17.9 Å². The first kappa shape index (κ1) is 13.1. The smallest absolute Gasteiger partial charge is 0.195 e. The van der Waals surface area contributed by atoms with Crippen LogP contribution < -0.4 is 4.74 Å². The average molecular weight is 248 g/mol. The topological polar surface area (TPSA) is 35.5 Å². The first-order valence-electron chi connectivity index (χ1n) is 6.44. The van der Waals surface area contributed by atoms with E-state index in [9.17, 15) is 4.79 Å². The van der Waals surface area contributed by atoms with E-state index in [2.05, 4.69) is 0 Å². The SMILES string of the molecule is COc1cc(C)cc(C)c1C(=O)C1CCCCO1. The second-order valence-corrected chi connectivity index (χ2v) is 4.88. The molecule has 0 radical (unpaired) electrons. The highest BCUT2D eigenvalue weighted by Crippen LogP contribution is 2.28. The molecule has 0 saturated carbocycles. The van der Waals surface area contributed by atoms with Crippen LogP contribution in [-0.4, -0.2) is 25.6 Å². The zero-order chi connectivity index (χ0) is 13.1. The van der Waals surface area contributed by atoms with Crippen LogP contribution in [0, 0.1) is 13.8 Å². The van der Waals surface area contributed by atoms with Gasteiger partial charge in [0.2, 0.25) is 0 Å². The normalized spacial score (nSPS) is 19.6. The Kier molecular flexibility index (Phi) is 4.02. The fourth-order valence-corrected chi connectivity index (χ4v) is 2.51. The average Bonchev–Trinajstić information content (AvgIpc) is 2.38. The fourth-order valence-electron chi connectivity index (χ4n) is 2.51. The van der Waals surface area contributed by atoms with Crippen molar-refractivity contribution >= 4 is 5.78 Å². The van der Waals surface area contributed by atoms with E-state index < -0.39 is 0 Å². The summed E-state index contributed by atoms with van der Waals surface area (Å²) in [5.41, 5.74) is 2.74. The van der Waals surface area contributed by atoms with Gasteiger partial charge in [-0.05, 0) is 50.3 Å². The minimum absolute atomic E-state index is 0.0593. The third-order valence-electron chi connectivity index (χ3n) is 3.38. The molecule has 2 rings (SSSR count). The van der Waals surface area contributed by atoms with Crippen LogP contribution in [0.4, 0.5) is 0 Å². The molecule has 1 aromatic rings. The first-order chi connectivity index (χ1) is 8.63. The first-order valence-corrected chi connectivity index (χ1v) is 6.44. The zero-order valence-corrected chi connectivity index (χ0v) is 11.3. The van der Waals surface area contributed by atoms with Gasteiger partial charge in [0.15, 0.2) is 5.78 Å². The van der Waals surface area contributed by atoms with Crippen molar-refractivity contribution in [1.82, 2.24) is 0 Å². The Morgan fingerprint density at radius 2 is 2.11 bits per heavy atom. The summed E-state index contributed by atoms with van der Waals surface area (Å²) in [4.78, 5) is 12.5. The summed E-state index contributed by atoms with van der Waals surface area (Å²) in [5.74, 6) is 0.718. The predicted octanol–water partition coefficient (Wildman–Crippen LogP) is 3.06. The lowest BCUT2D eigenvalue weighted by Gasteiger charge is -2.23. The number of benzene rings is 1. The molecule has 98 valence electrons. The van der Waals surface area contributed by atoms with E-state index in [1.165, 1.54) is 0 Å². The second-order valence-electron chi connectivity index (χ2n) is 4.88. The molecule has 3 heteroatoms. The highest BCUT2D eigenvalue weighted by molar-refractivity contribution is 6.03. The monoisotopic (exact) mass is 248 g/mol. The maximum absolute atomic E-state index is 12.5. The molecule has 1 saturated heterocycles. The number of ketones is 1. The third kappa shape index (κ3) is 2.56. The van der Waals surface area contributed by atoms with Gasteiger partial charge in [-0.15, -0.1) is 0 Å². The largest absolute Gasteiger partial charge is 0.496 e. The van der Waals surface area contributed by atoms with E-state index in [4.69, 9.17) is 9.47 Å². The minimum atomic E-state index is -0.297. The number of carbonyl (C=O) groups excluding carboxylic acids is 1. The Morgan fingerprint density at radius 3 is 2.72 bits per heavy atom. The Labute approximate surface area is 108 Å². The van der Waals surface area contributed by atoms with E-state index in [0.717, 1.165) is 30.4 Å². The lowest BCUT2D eigenvalue weighted by atomic mass is 9.94. The van der Waals surface area contributed by atoms with Crippen molar-refractivity contribution in [3.05, 3.63) is 28.8 Å². The summed E-state index contributed by atoms with van der Waals surface area (Å²) in [7, 11) is 1.60. The third-order valence-corrected chi connectivity index (χ3v) is 3.38. The second kappa shape index (κ2) is 5.53. The Hall–Kier alpha value is -1.35. The molecule has 1 aromatic carbocycles. The van der Waals surface area contributed by atoms with Crippen LogP contribution in [0.1, 0.15) is 40.7 Å². The van der Waals surface area contributed by atoms with Crippen LogP contribution in [0.15, 0.2) is 12.1 Å². The van der Waals surface area contributed by atoms with Crippen LogP contribution in [-0.2, 0) is 4.74 Å². The van der Waals surface area contributed by atoms with Gasteiger partial charge in [-0.3, -0.25) is 4.79 Å². The maximum Gasteiger partial charge on any atom is 0.195 e. The van der Waals surface area contributed by atoms with E-state index in [-0.39, 0.29) is 11.9 Å². The molecular formula is C15H20O3. The van der Waals surface area contributed by atoms with Crippen molar-refractivity contribution in [1.29, 1.82) is 0 Å². The minimum Gasteiger partial charge on any atom is -0.496 e. The molecule has 1 heterocycles. The van der Waals surface area contributed by atoms with Crippen molar-refractivity contribution in [2.24, 2.45) is 0 Å². The molecule has 1 aliphatic rings. The molecule has 0 spiro atoms. The molecular weight excluding hydrogens is 228 g/mol. The van der Waals surface area contributed by atoms with Crippen LogP contribution >= 0.6 is 0 Å². The summed E-state index contributed by atoms with van der Waals surface area (Å²) in [5, 5.41) is 0. The van der Waals surface area contributed by atoms with Gasteiger partial charge < -0.3 is 9.47 Å². The van der Waals surface area contributed by atoms with Gasteiger partial charge in [-0.2, -0.15) is 0 Å². The van der Waals surface area contributed by atoms with Gasteiger partial charge in [-0.1, -0.05) is 6.07 Å². The quantitative estimate of drug-likeness (QED) is 0.771. The van der Waals surface area contributed by atoms with E-state index in [1.54, 1.807) is 7.11 Å². The van der Waals surface area contributed by atoms with Crippen LogP contribution in [0.3, 0.4) is 0 Å². The summed E-state index contributed by atoms with van der Waals surface area (Å²) in [6.07, 6.45) is 2.63. The highest BCUT2D eigenvalue weighted by atomic mass is 16.5. The molecule has 0 bridgehead atoms. The highest BCUT2D eigenvalue weighted by Gasteiger charge is 2.27. The molecule has 0 aliphatic carbocycles. The van der Waals surface area contributed by atoms with Crippen molar-refractivity contribution < 1.29 is 14.3 Å². The standard InChI is InChI=1S/C15H20O3/c1-10-8-11(2)14(13(9-10)17-3)15(16)12-6-4-5-7-18-12/h8-9,12H,4-7H2,1-3H3. The number of carbonyl (C=O) groups is 1.